The monoisotopic (exact) mass is 320 g/mol. The van der Waals surface area contributed by atoms with E-state index in [0.29, 0.717) is 0 Å². The molecule has 4 nitrogen and oxygen atoms in total. The Labute approximate surface area is 128 Å². The lowest BCUT2D eigenvalue weighted by Crippen LogP contribution is -2.51. The molecule has 2 rings (SSSR count). The average Bonchev–Trinajstić information content (AvgIpc) is 2.41. The molecule has 0 radical (unpaired) electrons. The van der Waals surface area contributed by atoms with Gasteiger partial charge in [-0.1, -0.05) is 12.1 Å². The van der Waals surface area contributed by atoms with Crippen molar-refractivity contribution >= 4 is 18.3 Å². The highest BCUT2D eigenvalue weighted by Gasteiger charge is 2.24. The van der Waals surface area contributed by atoms with Crippen LogP contribution >= 0.6 is 12.4 Å². The lowest BCUT2D eigenvalue weighted by atomic mass is 9.99. The van der Waals surface area contributed by atoms with Crippen molar-refractivity contribution in [1.29, 1.82) is 0 Å². The van der Waals surface area contributed by atoms with Gasteiger partial charge in [-0.2, -0.15) is 8.78 Å². The highest BCUT2D eigenvalue weighted by Crippen LogP contribution is 2.21. The first kappa shape index (κ1) is 17.7. The number of amides is 1. The van der Waals surface area contributed by atoms with Gasteiger partial charge in [0.25, 0.3) is 5.91 Å². The van der Waals surface area contributed by atoms with Gasteiger partial charge in [-0.15, -0.1) is 12.4 Å². The van der Waals surface area contributed by atoms with Crippen LogP contribution in [0.1, 0.15) is 30.1 Å². The molecule has 1 aromatic rings. The van der Waals surface area contributed by atoms with Gasteiger partial charge in [0.05, 0.1) is 5.56 Å². The van der Waals surface area contributed by atoms with Gasteiger partial charge in [0.15, 0.2) is 0 Å². The quantitative estimate of drug-likeness (QED) is 0.896. The molecule has 7 heteroatoms. The van der Waals surface area contributed by atoms with Crippen molar-refractivity contribution < 1.29 is 18.3 Å². The second-order valence-corrected chi connectivity index (χ2v) is 4.84. The summed E-state index contributed by atoms with van der Waals surface area (Å²) >= 11 is 0. The lowest BCUT2D eigenvalue weighted by molar-refractivity contribution is -0.0501. The van der Waals surface area contributed by atoms with Crippen molar-refractivity contribution in [2.45, 2.75) is 38.5 Å². The van der Waals surface area contributed by atoms with Gasteiger partial charge in [-0.3, -0.25) is 4.79 Å². The third-order valence-corrected chi connectivity index (χ3v) is 3.43. The molecule has 1 aliphatic rings. The van der Waals surface area contributed by atoms with Crippen molar-refractivity contribution in [2.24, 2.45) is 0 Å². The van der Waals surface area contributed by atoms with Crippen LogP contribution in [0.3, 0.4) is 0 Å². The maximum absolute atomic E-state index is 12.3. The van der Waals surface area contributed by atoms with Gasteiger partial charge < -0.3 is 15.4 Å². The van der Waals surface area contributed by atoms with E-state index in [1.54, 1.807) is 12.1 Å². The molecule has 2 N–H and O–H groups in total. The minimum atomic E-state index is -2.95. The van der Waals surface area contributed by atoms with Gasteiger partial charge in [0.1, 0.15) is 5.75 Å². The van der Waals surface area contributed by atoms with Crippen molar-refractivity contribution in [3.8, 4) is 5.75 Å². The molecule has 118 valence electrons. The Kier molecular flexibility index (Phi) is 6.84. The maximum atomic E-state index is 12.3. The predicted octanol–water partition coefficient (Wildman–Crippen LogP) is 2.58. The Morgan fingerprint density at radius 2 is 2.14 bits per heavy atom. The van der Waals surface area contributed by atoms with Crippen molar-refractivity contribution in [3.05, 3.63) is 29.8 Å². The molecule has 0 aromatic heterocycles. The van der Waals surface area contributed by atoms with Crippen LogP contribution in [0.15, 0.2) is 24.3 Å². The summed E-state index contributed by atoms with van der Waals surface area (Å²) in [7, 11) is 0. The lowest BCUT2D eigenvalue weighted by Gasteiger charge is -2.30. The number of benzene rings is 1. The van der Waals surface area contributed by atoms with Gasteiger partial charge >= 0.3 is 6.61 Å². The summed E-state index contributed by atoms with van der Waals surface area (Å²) in [6, 6.07) is 6.18. The zero-order chi connectivity index (χ0) is 14.5. The molecule has 1 amide bonds. The Morgan fingerprint density at radius 1 is 1.43 bits per heavy atom. The summed E-state index contributed by atoms with van der Waals surface area (Å²) in [5.41, 5.74) is 0.130. The van der Waals surface area contributed by atoms with E-state index in [-0.39, 0.29) is 41.7 Å². The maximum Gasteiger partial charge on any atom is 0.387 e. The van der Waals surface area contributed by atoms with E-state index in [9.17, 15) is 13.6 Å². The fourth-order valence-corrected chi connectivity index (χ4v) is 2.34. The fourth-order valence-electron chi connectivity index (χ4n) is 2.34. The molecule has 0 aliphatic carbocycles. The van der Waals surface area contributed by atoms with Gasteiger partial charge in [0, 0.05) is 12.1 Å². The van der Waals surface area contributed by atoms with Crippen LogP contribution in [-0.4, -0.2) is 31.1 Å². The largest absolute Gasteiger partial charge is 0.434 e. The number of hydrogen-bond acceptors (Lipinski definition) is 3. The minimum absolute atomic E-state index is 0. The molecule has 0 bridgehead atoms. The van der Waals surface area contributed by atoms with Gasteiger partial charge in [-0.05, 0) is 38.4 Å². The summed E-state index contributed by atoms with van der Waals surface area (Å²) < 4.78 is 29.0. The summed E-state index contributed by atoms with van der Waals surface area (Å²) in [6.45, 7) is -0.0242. The molecular weight excluding hydrogens is 302 g/mol. The third-order valence-electron chi connectivity index (χ3n) is 3.43. The Hall–Kier alpha value is -1.40. The first-order valence-corrected chi connectivity index (χ1v) is 6.66. The van der Waals surface area contributed by atoms with E-state index >= 15 is 0 Å². The first-order chi connectivity index (χ1) is 9.58. The summed E-state index contributed by atoms with van der Waals surface area (Å²) in [5, 5.41) is 6.14. The van der Waals surface area contributed by atoms with Crippen molar-refractivity contribution in [1.82, 2.24) is 10.6 Å². The summed E-state index contributed by atoms with van der Waals surface area (Å²) in [6.07, 6.45) is 1.85. The Balaban J connectivity index is 0.00000220. The smallest absolute Gasteiger partial charge is 0.387 e. The average molecular weight is 321 g/mol. The number of nitrogens with one attached hydrogen (secondary N) is 2. The van der Waals surface area contributed by atoms with E-state index < -0.39 is 6.61 Å². The minimum Gasteiger partial charge on any atom is -0.434 e. The van der Waals surface area contributed by atoms with Crippen LogP contribution in [0, 0.1) is 0 Å². The normalized spacial score (nSPS) is 21.5. The van der Waals surface area contributed by atoms with Gasteiger partial charge in [-0.25, -0.2) is 0 Å². The number of carbonyl (C=O) groups is 1. The van der Waals surface area contributed by atoms with Crippen molar-refractivity contribution in [2.75, 3.05) is 6.54 Å². The summed E-state index contributed by atoms with van der Waals surface area (Å²) in [5.74, 6) is -0.488. The highest BCUT2D eigenvalue weighted by molar-refractivity contribution is 5.97. The van der Waals surface area contributed by atoms with E-state index in [1.165, 1.54) is 12.1 Å². The van der Waals surface area contributed by atoms with Crippen molar-refractivity contribution in [3.63, 3.8) is 0 Å². The third kappa shape index (κ3) is 4.82. The fraction of sp³-hybridized carbons (Fsp3) is 0.500. The zero-order valence-electron chi connectivity index (χ0n) is 11.6. The topological polar surface area (TPSA) is 50.4 Å². The first-order valence-electron chi connectivity index (χ1n) is 6.66. The molecule has 0 spiro atoms. The molecule has 1 aromatic carbocycles. The number of carbonyl (C=O) groups excluding carboxylic acids is 1. The van der Waals surface area contributed by atoms with E-state index in [2.05, 4.69) is 15.4 Å². The molecule has 2 atom stereocenters. The number of para-hydroxylation sites is 1. The van der Waals surface area contributed by atoms with Gasteiger partial charge in [0.2, 0.25) is 0 Å². The molecule has 2 unspecified atom stereocenters. The number of halogens is 3. The molecule has 0 saturated carbocycles. The number of piperidine rings is 1. The number of alkyl halides is 2. The summed E-state index contributed by atoms with van der Waals surface area (Å²) in [4.78, 5) is 12.2. The Morgan fingerprint density at radius 3 is 2.81 bits per heavy atom. The van der Waals surface area contributed by atoms with E-state index in [0.717, 1.165) is 19.4 Å². The molecule has 1 fully saturated rings. The standard InChI is InChI=1S/C14H18F2N2O2.ClH/c1-9-11(6-4-8-17-9)18-13(19)10-5-2-3-7-12(10)20-14(15)16;/h2-3,5,7,9,11,14,17H,4,6,8H2,1H3,(H,18,19);1H. The Bertz CT molecular complexity index is 474. The number of ether oxygens (including phenoxy) is 1. The number of hydrogen-bond donors (Lipinski definition) is 2. The second-order valence-electron chi connectivity index (χ2n) is 4.84. The zero-order valence-corrected chi connectivity index (χ0v) is 12.5. The van der Waals surface area contributed by atoms with E-state index in [1.807, 2.05) is 6.92 Å². The van der Waals surface area contributed by atoms with Crippen LogP contribution in [0.5, 0.6) is 5.75 Å². The molecule has 21 heavy (non-hydrogen) atoms. The molecule has 1 saturated heterocycles. The molecule has 1 heterocycles. The number of rotatable bonds is 4. The second kappa shape index (κ2) is 8.14. The highest BCUT2D eigenvalue weighted by atomic mass is 35.5. The van der Waals surface area contributed by atoms with Crippen LogP contribution in [-0.2, 0) is 0 Å². The molecule has 1 aliphatic heterocycles. The van der Waals surface area contributed by atoms with Crippen LogP contribution < -0.4 is 15.4 Å². The van der Waals surface area contributed by atoms with Crippen LogP contribution in [0.25, 0.3) is 0 Å². The molecular formula is C14H19ClF2N2O2. The van der Waals surface area contributed by atoms with E-state index in [4.69, 9.17) is 0 Å². The van der Waals surface area contributed by atoms with Crippen LogP contribution in [0.2, 0.25) is 0 Å². The SMILES string of the molecule is CC1NCCCC1NC(=O)c1ccccc1OC(F)F.Cl. The predicted molar refractivity (Wildman–Crippen MR) is 78.3 cm³/mol. The van der Waals surface area contributed by atoms with Crippen LogP contribution in [0.4, 0.5) is 8.78 Å².